The Morgan fingerprint density at radius 2 is 2.11 bits per heavy atom. The molecule has 0 saturated heterocycles. The molecule has 0 aliphatic heterocycles. The lowest BCUT2D eigenvalue weighted by Gasteiger charge is -1.94. The zero-order valence-electron chi connectivity index (χ0n) is 5.32. The molecule has 9 heavy (non-hydrogen) atoms. The highest BCUT2D eigenvalue weighted by Crippen LogP contribution is 2.06. The largest absolute Gasteiger partial charge is 0.207 e. The van der Waals surface area contributed by atoms with E-state index in [2.05, 4.69) is 6.92 Å². The minimum Gasteiger partial charge on any atom is -0.207 e. The van der Waals surface area contributed by atoms with E-state index >= 15 is 0 Å². The van der Waals surface area contributed by atoms with E-state index in [0.29, 0.717) is 5.56 Å². The summed E-state index contributed by atoms with van der Waals surface area (Å²) in [6.45, 7) is 5.31. The molecular weight excluding hydrogens is 115 g/mol. The van der Waals surface area contributed by atoms with Crippen LogP contribution < -0.4 is 0 Å². The normalized spacial score (nSPS) is 9.67. The van der Waals surface area contributed by atoms with Crippen LogP contribution in [-0.2, 0) is 0 Å². The van der Waals surface area contributed by atoms with Crippen LogP contribution in [0.4, 0.5) is 4.39 Å². The lowest BCUT2D eigenvalue weighted by molar-refractivity contribution is 0.618. The summed E-state index contributed by atoms with van der Waals surface area (Å²) in [7, 11) is 0. The summed E-state index contributed by atoms with van der Waals surface area (Å²) in [5.41, 5.74) is 1.39. The Kier molecular flexibility index (Phi) is 1.52. The van der Waals surface area contributed by atoms with Crippen LogP contribution in [-0.4, -0.2) is 0 Å². The van der Waals surface area contributed by atoms with Crippen LogP contribution in [0.2, 0.25) is 0 Å². The molecule has 0 aliphatic carbocycles. The first-order chi connectivity index (χ1) is 4.20. The minimum absolute atomic E-state index is 0.178. The van der Waals surface area contributed by atoms with Gasteiger partial charge in [-0.2, -0.15) is 0 Å². The first-order valence-corrected chi connectivity index (χ1v) is 2.78. The van der Waals surface area contributed by atoms with Gasteiger partial charge in [0.1, 0.15) is 5.82 Å². The van der Waals surface area contributed by atoms with Crippen molar-refractivity contribution in [2.24, 2.45) is 0 Å². The molecule has 0 nitrogen and oxygen atoms in total. The summed E-state index contributed by atoms with van der Waals surface area (Å²) >= 11 is 0. The van der Waals surface area contributed by atoms with E-state index in [9.17, 15) is 4.39 Å². The number of halogens is 1. The topological polar surface area (TPSA) is 0 Å². The van der Waals surface area contributed by atoms with E-state index in [4.69, 9.17) is 0 Å². The molecule has 0 aliphatic rings. The van der Waals surface area contributed by atoms with E-state index in [1.165, 1.54) is 6.07 Å². The Bertz CT molecular complexity index is 216. The van der Waals surface area contributed by atoms with Gasteiger partial charge in [0.15, 0.2) is 0 Å². The fourth-order valence-electron chi connectivity index (χ4n) is 0.636. The molecule has 0 amide bonds. The number of rotatable bonds is 0. The highest BCUT2D eigenvalue weighted by molar-refractivity contribution is 5.24. The third-order valence-corrected chi connectivity index (χ3v) is 1.24. The molecule has 1 heteroatoms. The van der Waals surface area contributed by atoms with Crippen molar-refractivity contribution in [2.45, 2.75) is 6.92 Å². The second-order valence-electron chi connectivity index (χ2n) is 2.08. The lowest BCUT2D eigenvalue weighted by atomic mass is 10.2. The van der Waals surface area contributed by atoms with Crippen molar-refractivity contribution >= 4 is 0 Å². The van der Waals surface area contributed by atoms with Crippen LogP contribution in [0.15, 0.2) is 18.2 Å². The van der Waals surface area contributed by atoms with Crippen molar-refractivity contribution in [3.63, 3.8) is 0 Å². The third kappa shape index (κ3) is 1.28. The highest BCUT2D eigenvalue weighted by atomic mass is 19.1. The number of benzene rings is 1. The SMILES string of the molecule is [CH2]c1ccc(C)c(F)c1. The average molecular weight is 123 g/mol. The molecule has 1 aromatic carbocycles. The highest BCUT2D eigenvalue weighted by Gasteiger charge is 1.93. The van der Waals surface area contributed by atoms with Crippen molar-refractivity contribution < 1.29 is 4.39 Å². The molecule has 1 radical (unpaired) electrons. The minimum atomic E-state index is -0.178. The van der Waals surface area contributed by atoms with Crippen molar-refractivity contribution in [3.8, 4) is 0 Å². The molecule has 0 atom stereocenters. The summed E-state index contributed by atoms with van der Waals surface area (Å²) in [5.74, 6) is -0.178. The van der Waals surface area contributed by atoms with E-state index < -0.39 is 0 Å². The molecule has 0 heterocycles. The Balaban J connectivity index is 3.17. The van der Waals surface area contributed by atoms with E-state index in [-0.39, 0.29) is 5.82 Å². The molecule has 47 valence electrons. The Morgan fingerprint density at radius 3 is 2.56 bits per heavy atom. The zero-order valence-corrected chi connectivity index (χ0v) is 5.32. The maximum Gasteiger partial charge on any atom is 0.126 e. The molecule has 0 bridgehead atoms. The first kappa shape index (κ1) is 6.27. The summed E-state index contributed by atoms with van der Waals surface area (Å²) in [4.78, 5) is 0. The predicted octanol–water partition coefficient (Wildman–Crippen LogP) is 2.32. The maximum atomic E-state index is 12.5. The molecule has 0 saturated carbocycles. The molecule has 1 rings (SSSR count). The van der Waals surface area contributed by atoms with Gasteiger partial charge in [0.2, 0.25) is 0 Å². The average Bonchev–Trinajstić information content (AvgIpc) is 1.80. The molecular formula is C8H8F. The van der Waals surface area contributed by atoms with Gasteiger partial charge >= 0.3 is 0 Å². The molecule has 0 unspecified atom stereocenters. The van der Waals surface area contributed by atoms with Crippen LogP contribution in [0, 0.1) is 19.7 Å². The number of hydrogen-bond donors (Lipinski definition) is 0. The van der Waals surface area contributed by atoms with Crippen molar-refractivity contribution in [2.75, 3.05) is 0 Å². The van der Waals surface area contributed by atoms with Gasteiger partial charge in [0.25, 0.3) is 0 Å². The van der Waals surface area contributed by atoms with Crippen LogP contribution in [0.1, 0.15) is 11.1 Å². The summed E-state index contributed by atoms with van der Waals surface area (Å²) < 4.78 is 12.5. The van der Waals surface area contributed by atoms with Gasteiger partial charge in [0.05, 0.1) is 0 Å². The van der Waals surface area contributed by atoms with Crippen LogP contribution >= 0.6 is 0 Å². The van der Waals surface area contributed by atoms with E-state index in [1.54, 1.807) is 19.1 Å². The Labute approximate surface area is 54.3 Å². The Morgan fingerprint density at radius 1 is 1.44 bits per heavy atom. The van der Waals surface area contributed by atoms with E-state index in [0.717, 1.165) is 5.56 Å². The number of hydrogen-bond acceptors (Lipinski definition) is 0. The van der Waals surface area contributed by atoms with Gasteiger partial charge in [-0.25, -0.2) is 4.39 Å². The fourth-order valence-corrected chi connectivity index (χ4v) is 0.636. The quantitative estimate of drug-likeness (QED) is 0.496. The molecule has 0 spiro atoms. The van der Waals surface area contributed by atoms with E-state index in [1.807, 2.05) is 0 Å². The molecule has 0 fully saturated rings. The predicted molar refractivity (Wildman–Crippen MR) is 35.6 cm³/mol. The van der Waals surface area contributed by atoms with Crippen LogP contribution in [0.3, 0.4) is 0 Å². The summed E-state index contributed by atoms with van der Waals surface area (Å²) in [5, 5.41) is 0. The van der Waals surface area contributed by atoms with Crippen molar-refractivity contribution in [1.29, 1.82) is 0 Å². The van der Waals surface area contributed by atoms with Crippen molar-refractivity contribution in [3.05, 3.63) is 42.1 Å². The molecule has 0 N–H and O–H groups in total. The summed E-state index contributed by atoms with van der Waals surface area (Å²) in [6.07, 6.45) is 0. The van der Waals surface area contributed by atoms with Gasteiger partial charge < -0.3 is 0 Å². The van der Waals surface area contributed by atoms with Gasteiger partial charge in [0, 0.05) is 0 Å². The van der Waals surface area contributed by atoms with Crippen LogP contribution in [0.5, 0.6) is 0 Å². The van der Waals surface area contributed by atoms with Crippen LogP contribution in [0.25, 0.3) is 0 Å². The smallest absolute Gasteiger partial charge is 0.126 e. The monoisotopic (exact) mass is 123 g/mol. The maximum absolute atomic E-state index is 12.5. The second-order valence-corrected chi connectivity index (χ2v) is 2.08. The number of aryl methyl sites for hydroxylation is 1. The zero-order chi connectivity index (χ0) is 6.85. The van der Waals surface area contributed by atoms with Gasteiger partial charge in [-0.15, -0.1) is 0 Å². The molecule has 1 aromatic rings. The summed E-state index contributed by atoms with van der Waals surface area (Å²) in [6, 6.07) is 4.94. The lowest BCUT2D eigenvalue weighted by Crippen LogP contribution is -1.81. The molecule has 0 aromatic heterocycles. The van der Waals surface area contributed by atoms with Crippen molar-refractivity contribution in [1.82, 2.24) is 0 Å². The second kappa shape index (κ2) is 2.18. The Hall–Kier alpha value is -0.850. The fraction of sp³-hybridized carbons (Fsp3) is 0.125. The van der Waals surface area contributed by atoms with Gasteiger partial charge in [-0.1, -0.05) is 12.1 Å². The van der Waals surface area contributed by atoms with Gasteiger partial charge in [-0.05, 0) is 31.0 Å². The third-order valence-electron chi connectivity index (χ3n) is 1.24. The van der Waals surface area contributed by atoms with Gasteiger partial charge in [-0.3, -0.25) is 0 Å². The standard InChI is InChI=1S/C8H8F/c1-6-3-4-7(2)8(9)5-6/h3-5H,1H2,2H3. The first-order valence-electron chi connectivity index (χ1n) is 2.78.